The van der Waals surface area contributed by atoms with Crippen molar-refractivity contribution in [3.05, 3.63) is 52.2 Å². The molecule has 2 aromatic rings. The summed E-state index contributed by atoms with van der Waals surface area (Å²) in [5.74, 6) is 1.22. The number of rotatable bonds is 10. The van der Waals surface area contributed by atoms with Crippen LogP contribution in [0.2, 0.25) is 0 Å². The molecule has 1 aromatic carbocycles. The molecule has 0 atom stereocenters. The largest absolute Gasteiger partial charge is 0.496 e. The van der Waals surface area contributed by atoms with Gasteiger partial charge < -0.3 is 10.1 Å². The zero-order valence-electron chi connectivity index (χ0n) is 13.4. The molecule has 0 amide bonds. The van der Waals surface area contributed by atoms with E-state index in [1.165, 1.54) is 16.9 Å². The summed E-state index contributed by atoms with van der Waals surface area (Å²) in [5, 5.41) is 5.38. The summed E-state index contributed by atoms with van der Waals surface area (Å²) < 4.78 is 5.34. The van der Waals surface area contributed by atoms with Gasteiger partial charge in [0.25, 0.3) is 0 Å². The molecule has 1 aromatic heterocycles. The van der Waals surface area contributed by atoms with E-state index in [0.717, 1.165) is 43.0 Å². The first-order valence-corrected chi connectivity index (χ1v) is 8.58. The van der Waals surface area contributed by atoms with Gasteiger partial charge in [-0.15, -0.1) is 23.7 Å². The van der Waals surface area contributed by atoms with E-state index in [9.17, 15) is 4.79 Å². The van der Waals surface area contributed by atoms with Crippen LogP contribution < -0.4 is 10.1 Å². The van der Waals surface area contributed by atoms with Gasteiger partial charge in [-0.1, -0.05) is 24.3 Å². The predicted octanol–water partition coefficient (Wildman–Crippen LogP) is 4.36. The van der Waals surface area contributed by atoms with E-state index in [-0.39, 0.29) is 18.2 Å². The summed E-state index contributed by atoms with van der Waals surface area (Å²) in [4.78, 5) is 12.7. The number of ether oxygens (including phenoxy) is 1. The van der Waals surface area contributed by atoms with Crippen molar-refractivity contribution >= 4 is 29.5 Å². The van der Waals surface area contributed by atoms with Crippen LogP contribution in [0.5, 0.6) is 5.75 Å². The van der Waals surface area contributed by atoms with E-state index < -0.39 is 0 Å². The van der Waals surface area contributed by atoms with Crippen LogP contribution >= 0.6 is 23.7 Å². The average molecular weight is 354 g/mol. The predicted molar refractivity (Wildman–Crippen MR) is 99.3 cm³/mol. The SMILES string of the molecule is COc1ccccc1CCNCCCCC(=O)c1cccs1.Cl. The fourth-order valence-electron chi connectivity index (χ4n) is 2.35. The van der Waals surface area contributed by atoms with Gasteiger partial charge in [-0.05, 0) is 55.4 Å². The minimum atomic E-state index is 0. The van der Waals surface area contributed by atoms with E-state index >= 15 is 0 Å². The maximum absolute atomic E-state index is 11.8. The zero-order chi connectivity index (χ0) is 15.6. The Hall–Kier alpha value is -1.36. The van der Waals surface area contributed by atoms with E-state index in [4.69, 9.17) is 4.74 Å². The van der Waals surface area contributed by atoms with Crippen LogP contribution in [0.4, 0.5) is 0 Å². The number of Topliss-reactive ketones (excluding diaryl/α,β-unsaturated/α-hetero) is 1. The fraction of sp³-hybridized carbons (Fsp3) is 0.389. The van der Waals surface area contributed by atoms with Gasteiger partial charge in [0.1, 0.15) is 5.75 Å². The molecule has 126 valence electrons. The van der Waals surface area contributed by atoms with Crippen molar-refractivity contribution < 1.29 is 9.53 Å². The monoisotopic (exact) mass is 353 g/mol. The highest BCUT2D eigenvalue weighted by Crippen LogP contribution is 2.17. The summed E-state index contributed by atoms with van der Waals surface area (Å²) >= 11 is 1.53. The second-order valence-electron chi connectivity index (χ2n) is 5.17. The Bertz CT molecular complexity index is 572. The van der Waals surface area contributed by atoms with Crippen molar-refractivity contribution in [1.82, 2.24) is 5.32 Å². The molecule has 0 saturated heterocycles. The lowest BCUT2D eigenvalue weighted by Gasteiger charge is -2.08. The van der Waals surface area contributed by atoms with Crippen LogP contribution in [0.3, 0.4) is 0 Å². The molecule has 0 radical (unpaired) electrons. The van der Waals surface area contributed by atoms with Crippen LogP contribution in [0.1, 0.15) is 34.5 Å². The second-order valence-corrected chi connectivity index (χ2v) is 6.12. The summed E-state index contributed by atoms with van der Waals surface area (Å²) in [6.45, 7) is 1.88. The Labute approximate surface area is 148 Å². The van der Waals surface area contributed by atoms with E-state index in [2.05, 4.69) is 11.4 Å². The maximum atomic E-state index is 11.8. The van der Waals surface area contributed by atoms with Gasteiger partial charge in [-0.3, -0.25) is 4.79 Å². The van der Waals surface area contributed by atoms with Crippen molar-refractivity contribution in [2.24, 2.45) is 0 Å². The molecular weight excluding hydrogens is 330 g/mol. The number of thiophene rings is 1. The number of benzene rings is 1. The standard InChI is InChI=1S/C18H23NO2S.ClH/c1-21-17-9-3-2-7-15(17)11-13-19-12-5-4-8-16(20)18-10-6-14-22-18;/h2-3,6-7,9-10,14,19H,4-5,8,11-13H2,1H3;1H. The zero-order valence-corrected chi connectivity index (χ0v) is 15.1. The van der Waals surface area contributed by atoms with Gasteiger partial charge in [0.05, 0.1) is 12.0 Å². The van der Waals surface area contributed by atoms with Gasteiger partial charge in [-0.25, -0.2) is 0 Å². The molecular formula is C18H24ClNO2S. The Morgan fingerprint density at radius 1 is 1.13 bits per heavy atom. The molecule has 0 aliphatic carbocycles. The lowest BCUT2D eigenvalue weighted by atomic mass is 10.1. The van der Waals surface area contributed by atoms with Crippen LogP contribution in [-0.4, -0.2) is 26.0 Å². The van der Waals surface area contributed by atoms with Crippen LogP contribution in [0.15, 0.2) is 41.8 Å². The highest BCUT2D eigenvalue weighted by Gasteiger charge is 2.05. The quantitative estimate of drug-likeness (QED) is 0.509. The number of hydrogen-bond donors (Lipinski definition) is 1. The van der Waals surface area contributed by atoms with Crippen molar-refractivity contribution in [2.75, 3.05) is 20.2 Å². The van der Waals surface area contributed by atoms with Gasteiger partial charge in [0.2, 0.25) is 0 Å². The van der Waals surface area contributed by atoms with Gasteiger partial charge >= 0.3 is 0 Å². The normalized spacial score (nSPS) is 10.1. The van der Waals surface area contributed by atoms with Crippen LogP contribution in [-0.2, 0) is 6.42 Å². The van der Waals surface area contributed by atoms with Gasteiger partial charge in [-0.2, -0.15) is 0 Å². The minimum Gasteiger partial charge on any atom is -0.496 e. The highest BCUT2D eigenvalue weighted by atomic mass is 35.5. The second kappa shape index (κ2) is 11.2. The topological polar surface area (TPSA) is 38.3 Å². The molecule has 5 heteroatoms. The van der Waals surface area contributed by atoms with E-state index in [0.29, 0.717) is 6.42 Å². The first-order valence-electron chi connectivity index (χ1n) is 7.70. The number of unbranched alkanes of at least 4 members (excludes halogenated alkanes) is 1. The van der Waals surface area contributed by atoms with Gasteiger partial charge in [0, 0.05) is 6.42 Å². The number of hydrogen-bond acceptors (Lipinski definition) is 4. The third kappa shape index (κ3) is 6.73. The molecule has 3 nitrogen and oxygen atoms in total. The number of halogens is 1. The highest BCUT2D eigenvalue weighted by molar-refractivity contribution is 7.12. The molecule has 1 heterocycles. The molecule has 1 N–H and O–H groups in total. The third-order valence-electron chi connectivity index (χ3n) is 3.57. The summed E-state index contributed by atoms with van der Waals surface area (Å²) in [5.41, 5.74) is 1.23. The summed E-state index contributed by atoms with van der Waals surface area (Å²) in [6, 6.07) is 11.9. The molecule has 0 bridgehead atoms. The number of para-hydroxylation sites is 1. The smallest absolute Gasteiger partial charge is 0.172 e. The van der Waals surface area contributed by atoms with Crippen molar-refractivity contribution in [3.63, 3.8) is 0 Å². The number of ketones is 1. The van der Waals surface area contributed by atoms with E-state index in [1.54, 1.807) is 7.11 Å². The third-order valence-corrected chi connectivity index (χ3v) is 4.48. The Morgan fingerprint density at radius 3 is 2.70 bits per heavy atom. The lowest BCUT2D eigenvalue weighted by Crippen LogP contribution is -2.18. The van der Waals surface area contributed by atoms with E-state index in [1.807, 2.05) is 35.7 Å². The van der Waals surface area contributed by atoms with Crippen molar-refractivity contribution in [1.29, 1.82) is 0 Å². The molecule has 0 saturated carbocycles. The summed E-state index contributed by atoms with van der Waals surface area (Å²) in [6.07, 6.45) is 3.58. The molecule has 0 aliphatic rings. The molecule has 2 rings (SSSR count). The maximum Gasteiger partial charge on any atom is 0.172 e. The Kier molecular flexibility index (Phi) is 9.60. The Balaban J connectivity index is 0.00000264. The summed E-state index contributed by atoms with van der Waals surface area (Å²) in [7, 11) is 1.71. The first kappa shape index (κ1) is 19.7. The van der Waals surface area contributed by atoms with Crippen LogP contribution in [0, 0.1) is 0 Å². The fourth-order valence-corrected chi connectivity index (χ4v) is 3.05. The molecule has 0 fully saturated rings. The first-order chi connectivity index (χ1) is 10.8. The number of nitrogens with one attached hydrogen (secondary N) is 1. The molecule has 0 spiro atoms. The number of carbonyl (C=O) groups is 1. The molecule has 0 aliphatic heterocycles. The van der Waals surface area contributed by atoms with Crippen molar-refractivity contribution in [2.45, 2.75) is 25.7 Å². The Morgan fingerprint density at radius 2 is 1.96 bits per heavy atom. The number of methoxy groups -OCH3 is 1. The van der Waals surface area contributed by atoms with Gasteiger partial charge in [0.15, 0.2) is 5.78 Å². The van der Waals surface area contributed by atoms with Crippen LogP contribution in [0.25, 0.3) is 0 Å². The minimum absolute atomic E-state index is 0. The average Bonchev–Trinajstić information content (AvgIpc) is 3.08. The number of carbonyl (C=O) groups excluding carboxylic acids is 1. The lowest BCUT2D eigenvalue weighted by molar-refractivity contribution is 0.0983. The molecule has 23 heavy (non-hydrogen) atoms. The van der Waals surface area contributed by atoms with Crippen molar-refractivity contribution in [3.8, 4) is 5.75 Å². The molecule has 0 unspecified atom stereocenters.